The van der Waals surface area contributed by atoms with Crippen LogP contribution in [0.25, 0.3) is 11.2 Å². The van der Waals surface area contributed by atoms with Gasteiger partial charge < -0.3 is 9.88 Å². The van der Waals surface area contributed by atoms with Crippen LogP contribution in [0.3, 0.4) is 0 Å². The van der Waals surface area contributed by atoms with Crippen LogP contribution >= 0.6 is 11.6 Å². The van der Waals surface area contributed by atoms with E-state index in [2.05, 4.69) is 24.8 Å². The first kappa shape index (κ1) is 9.79. The third-order valence-electron chi connectivity index (χ3n) is 3.94. The van der Waals surface area contributed by atoms with Gasteiger partial charge in [0, 0.05) is 12.1 Å². The van der Waals surface area contributed by atoms with E-state index >= 15 is 0 Å². The molecule has 3 atom stereocenters. The van der Waals surface area contributed by atoms with Crippen LogP contribution in [0.1, 0.15) is 25.3 Å². The minimum absolute atomic E-state index is 0.435. The topological polar surface area (TPSA) is 55.6 Å². The molecule has 1 N–H and O–H groups in total. The molecular formula is C11H12ClN5. The first-order valence-electron chi connectivity index (χ1n) is 5.92. The average Bonchev–Trinajstić information content (AvgIpc) is 3.03. The van der Waals surface area contributed by atoms with E-state index in [0.717, 1.165) is 12.1 Å². The summed E-state index contributed by atoms with van der Waals surface area (Å²) in [5.74, 6) is 0. The lowest BCUT2D eigenvalue weighted by Crippen LogP contribution is -2.25. The predicted octanol–water partition coefficient (Wildman–Crippen LogP) is 1.55. The fourth-order valence-electron chi connectivity index (χ4n) is 3.17. The zero-order chi connectivity index (χ0) is 11.4. The molecule has 2 bridgehead atoms. The summed E-state index contributed by atoms with van der Waals surface area (Å²) in [6, 6.07) is 1.69. The van der Waals surface area contributed by atoms with Crippen molar-refractivity contribution in [2.45, 2.75) is 37.4 Å². The van der Waals surface area contributed by atoms with Crippen molar-refractivity contribution < 1.29 is 0 Å². The zero-order valence-corrected chi connectivity index (χ0v) is 9.93. The standard InChI is InChI=1S/C11H12ClN5/c12-10-9-11(14-4-13-10)17(5-15-9)8-3-6-1-2-7(8)16-6/h4-8,16H,1-3H2/t6-,7+,8?/m0/s1. The van der Waals surface area contributed by atoms with Gasteiger partial charge in [-0.2, -0.15) is 0 Å². The summed E-state index contributed by atoms with van der Waals surface area (Å²) in [6.07, 6.45) is 7.05. The SMILES string of the molecule is Clc1ncnc2c1ncn2C1C[C@@H]2CC[C@H]1N2. The second-order valence-corrected chi connectivity index (χ2v) is 5.20. The maximum atomic E-state index is 6.01. The van der Waals surface area contributed by atoms with Gasteiger partial charge >= 0.3 is 0 Å². The molecule has 0 spiro atoms. The second kappa shape index (κ2) is 3.40. The Hall–Kier alpha value is -1.20. The van der Waals surface area contributed by atoms with Gasteiger partial charge in [-0.05, 0) is 19.3 Å². The van der Waals surface area contributed by atoms with E-state index in [-0.39, 0.29) is 0 Å². The van der Waals surface area contributed by atoms with Gasteiger partial charge in [0.1, 0.15) is 11.8 Å². The Labute approximate surface area is 103 Å². The number of imidazole rings is 1. The number of nitrogens with one attached hydrogen (secondary N) is 1. The van der Waals surface area contributed by atoms with Gasteiger partial charge in [-0.3, -0.25) is 0 Å². The van der Waals surface area contributed by atoms with Gasteiger partial charge in [-0.15, -0.1) is 0 Å². The van der Waals surface area contributed by atoms with Crippen LogP contribution in [-0.2, 0) is 0 Å². The summed E-state index contributed by atoms with van der Waals surface area (Å²) in [6.45, 7) is 0. The first-order valence-corrected chi connectivity index (χ1v) is 6.30. The number of hydrogen-bond donors (Lipinski definition) is 1. The smallest absolute Gasteiger partial charge is 0.165 e. The van der Waals surface area contributed by atoms with Crippen molar-refractivity contribution in [3.8, 4) is 0 Å². The van der Waals surface area contributed by atoms with Crippen LogP contribution in [0.5, 0.6) is 0 Å². The van der Waals surface area contributed by atoms with E-state index in [4.69, 9.17) is 11.6 Å². The van der Waals surface area contributed by atoms with Gasteiger partial charge in [-0.25, -0.2) is 15.0 Å². The summed E-state index contributed by atoms with van der Waals surface area (Å²) in [7, 11) is 0. The number of fused-ring (bicyclic) bond motifs is 3. The van der Waals surface area contributed by atoms with E-state index in [1.165, 1.54) is 19.2 Å². The van der Waals surface area contributed by atoms with E-state index in [1.54, 1.807) is 0 Å². The molecule has 0 amide bonds. The molecule has 2 saturated heterocycles. The minimum atomic E-state index is 0.435. The molecule has 0 saturated carbocycles. The van der Waals surface area contributed by atoms with Crippen LogP contribution in [0.15, 0.2) is 12.7 Å². The van der Waals surface area contributed by atoms with Crippen LogP contribution in [0, 0.1) is 0 Å². The zero-order valence-electron chi connectivity index (χ0n) is 9.17. The predicted molar refractivity (Wildman–Crippen MR) is 63.9 cm³/mol. The molecule has 2 aliphatic rings. The first-order chi connectivity index (χ1) is 8.33. The molecule has 0 aromatic carbocycles. The molecule has 17 heavy (non-hydrogen) atoms. The summed E-state index contributed by atoms with van der Waals surface area (Å²) >= 11 is 6.01. The fraction of sp³-hybridized carbons (Fsp3) is 0.545. The van der Waals surface area contributed by atoms with Crippen molar-refractivity contribution in [3.05, 3.63) is 17.8 Å². The molecule has 2 fully saturated rings. The highest BCUT2D eigenvalue weighted by atomic mass is 35.5. The molecule has 1 unspecified atom stereocenters. The van der Waals surface area contributed by atoms with E-state index in [1.807, 2.05) is 6.33 Å². The summed E-state index contributed by atoms with van der Waals surface area (Å²) in [5, 5.41) is 4.06. The van der Waals surface area contributed by atoms with Gasteiger partial charge in [0.15, 0.2) is 10.8 Å². The molecule has 4 heterocycles. The van der Waals surface area contributed by atoms with E-state index in [0.29, 0.717) is 28.8 Å². The van der Waals surface area contributed by atoms with Crippen molar-refractivity contribution in [1.29, 1.82) is 0 Å². The van der Waals surface area contributed by atoms with Crippen LogP contribution < -0.4 is 5.32 Å². The molecule has 6 heteroatoms. The van der Waals surface area contributed by atoms with Crippen molar-refractivity contribution in [2.75, 3.05) is 0 Å². The highest BCUT2D eigenvalue weighted by Gasteiger charge is 2.40. The minimum Gasteiger partial charge on any atom is -0.310 e. The van der Waals surface area contributed by atoms with E-state index < -0.39 is 0 Å². The Balaban J connectivity index is 1.84. The van der Waals surface area contributed by atoms with Crippen LogP contribution in [0.2, 0.25) is 5.15 Å². The van der Waals surface area contributed by atoms with Gasteiger partial charge in [-0.1, -0.05) is 11.6 Å². The number of aromatic nitrogens is 4. The maximum Gasteiger partial charge on any atom is 0.165 e. The molecule has 2 aromatic heterocycles. The molecular weight excluding hydrogens is 238 g/mol. The Morgan fingerprint density at radius 2 is 2.24 bits per heavy atom. The van der Waals surface area contributed by atoms with E-state index in [9.17, 15) is 0 Å². The van der Waals surface area contributed by atoms with Gasteiger partial charge in [0.05, 0.1) is 12.4 Å². The number of nitrogens with zero attached hydrogens (tertiary/aromatic N) is 4. The molecule has 4 rings (SSSR count). The molecule has 0 aliphatic carbocycles. The van der Waals surface area contributed by atoms with Crippen molar-refractivity contribution in [1.82, 2.24) is 24.8 Å². The Bertz CT molecular complexity index is 580. The van der Waals surface area contributed by atoms with Crippen LogP contribution in [0.4, 0.5) is 0 Å². The summed E-state index contributed by atoms with van der Waals surface area (Å²) < 4.78 is 2.15. The molecule has 2 aliphatic heterocycles. The molecule has 2 aromatic rings. The number of hydrogen-bond acceptors (Lipinski definition) is 4. The second-order valence-electron chi connectivity index (χ2n) is 4.84. The fourth-order valence-corrected chi connectivity index (χ4v) is 3.35. The molecule has 88 valence electrons. The average molecular weight is 250 g/mol. The largest absolute Gasteiger partial charge is 0.310 e. The lowest BCUT2D eigenvalue weighted by Gasteiger charge is -2.21. The highest BCUT2D eigenvalue weighted by Crippen LogP contribution is 2.37. The normalized spacial score (nSPS) is 31.5. The number of halogens is 1. The van der Waals surface area contributed by atoms with Crippen molar-refractivity contribution >= 4 is 22.8 Å². The third kappa shape index (κ3) is 1.32. The summed E-state index contributed by atoms with van der Waals surface area (Å²) in [4.78, 5) is 12.6. The monoisotopic (exact) mass is 249 g/mol. The van der Waals surface area contributed by atoms with Crippen molar-refractivity contribution in [3.63, 3.8) is 0 Å². The van der Waals surface area contributed by atoms with Crippen molar-refractivity contribution in [2.24, 2.45) is 0 Å². The lowest BCUT2D eigenvalue weighted by molar-refractivity contribution is 0.403. The Kier molecular flexibility index (Phi) is 1.96. The maximum absolute atomic E-state index is 6.01. The quantitative estimate of drug-likeness (QED) is 0.779. The third-order valence-corrected chi connectivity index (χ3v) is 4.21. The van der Waals surface area contributed by atoms with Gasteiger partial charge in [0.2, 0.25) is 0 Å². The Morgan fingerprint density at radius 3 is 3.00 bits per heavy atom. The molecule has 5 nitrogen and oxygen atoms in total. The summed E-state index contributed by atoms with van der Waals surface area (Å²) in [5.41, 5.74) is 1.56. The Morgan fingerprint density at radius 1 is 1.29 bits per heavy atom. The lowest BCUT2D eigenvalue weighted by atomic mass is 9.95. The van der Waals surface area contributed by atoms with Gasteiger partial charge in [0.25, 0.3) is 0 Å². The number of rotatable bonds is 1. The highest BCUT2D eigenvalue weighted by molar-refractivity contribution is 6.33. The van der Waals surface area contributed by atoms with Crippen LogP contribution in [-0.4, -0.2) is 31.6 Å². The molecule has 0 radical (unpaired) electrons.